The molecule has 7 heteroatoms. The van der Waals surface area contributed by atoms with Crippen LogP contribution in [0.5, 0.6) is 0 Å². The average Bonchev–Trinajstić information content (AvgIpc) is 2.73. The third kappa shape index (κ3) is 11.8. The number of amides is 2. The number of carbonyl (C=O) groups is 3. The molecule has 0 heterocycles. The van der Waals surface area contributed by atoms with Gasteiger partial charge in [-0.3, -0.25) is 9.59 Å². The fraction of sp³-hybridized carbons (Fsp3) is 0.625. The first-order valence-electron chi connectivity index (χ1n) is 11.5. The smallest absolute Gasteiger partial charge is 0.418 e. The first kappa shape index (κ1) is 27.0. The van der Waals surface area contributed by atoms with Gasteiger partial charge in [0.05, 0.1) is 5.69 Å². The van der Waals surface area contributed by atoms with Gasteiger partial charge in [0.1, 0.15) is 0 Å². The number of carbonyl (C=O) groups excluding carboxylic acids is 1. The Morgan fingerprint density at radius 1 is 0.806 bits per heavy atom. The van der Waals surface area contributed by atoms with E-state index in [2.05, 4.69) is 6.92 Å². The van der Waals surface area contributed by atoms with Crippen LogP contribution in [0, 0.1) is 0 Å². The van der Waals surface area contributed by atoms with E-state index in [1.165, 1.54) is 43.9 Å². The minimum atomic E-state index is -1.25. The van der Waals surface area contributed by atoms with E-state index in [0.717, 1.165) is 41.2 Å². The summed E-state index contributed by atoms with van der Waals surface area (Å²) in [6, 6.07) is 7.08. The van der Waals surface area contributed by atoms with Crippen molar-refractivity contribution in [3.05, 3.63) is 24.3 Å². The van der Waals surface area contributed by atoms with E-state index in [1.54, 1.807) is 12.1 Å². The molecule has 0 spiro atoms. The average molecular weight is 452 g/mol. The third-order valence-electron chi connectivity index (χ3n) is 5.08. The van der Waals surface area contributed by atoms with Crippen LogP contribution < -0.4 is 4.90 Å². The summed E-state index contributed by atoms with van der Waals surface area (Å²) in [6.45, 7) is 2.19. The maximum Gasteiger partial charge on any atom is 0.418 e. The van der Waals surface area contributed by atoms with Crippen molar-refractivity contribution >= 4 is 35.4 Å². The topological polar surface area (TPSA) is 94.9 Å². The molecule has 31 heavy (non-hydrogen) atoms. The monoisotopic (exact) mass is 451 g/mol. The molecule has 2 N–H and O–H groups in total. The van der Waals surface area contributed by atoms with Gasteiger partial charge in [0.25, 0.3) is 0 Å². The number of benzene rings is 1. The fourth-order valence-corrected chi connectivity index (χ4v) is 4.42. The highest BCUT2D eigenvalue weighted by Crippen LogP contribution is 2.31. The SMILES string of the molecule is CCCCCCCCCCC(=O)N(C(=O)O)c1ccccc1SCCCCCC(=O)O. The van der Waals surface area contributed by atoms with Crippen molar-refractivity contribution in [3.63, 3.8) is 0 Å². The number of nitrogens with zero attached hydrogens (tertiary/aromatic N) is 1. The van der Waals surface area contributed by atoms with Gasteiger partial charge in [-0.05, 0) is 37.1 Å². The Morgan fingerprint density at radius 2 is 1.39 bits per heavy atom. The molecule has 0 aliphatic heterocycles. The van der Waals surface area contributed by atoms with E-state index in [9.17, 15) is 19.5 Å². The van der Waals surface area contributed by atoms with Gasteiger partial charge < -0.3 is 10.2 Å². The first-order valence-corrected chi connectivity index (χ1v) is 12.5. The highest BCUT2D eigenvalue weighted by Gasteiger charge is 2.24. The highest BCUT2D eigenvalue weighted by molar-refractivity contribution is 7.99. The number of carboxylic acids is 1. The normalized spacial score (nSPS) is 10.7. The van der Waals surface area contributed by atoms with Crippen molar-refractivity contribution in [3.8, 4) is 0 Å². The molecule has 1 rings (SSSR count). The van der Waals surface area contributed by atoms with Crippen molar-refractivity contribution < 1.29 is 24.6 Å². The van der Waals surface area contributed by atoms with Gasteiger partial charge in [0, 0.05) is 17.7 Å². The summed E-state index contributed by atoms with van der Waals surface area (Å²) < 4.78 is 0. The Labute approximate surface area is 190 Å². The number of anilines is 1. The van der Waals surface area contributed by atoms with Gasteiger partial charge in [-0.25, -0.2) is 9.69 Å². The number of imide groups is 1. The summed E-state index contributed by atoms with van der Waals surface area (Å²) >= 11 is 1.51. The molecule has 0 saturated carbocycles. The molecule has 0 bridgehead atoms. The van der Waals surface area contributed by atoms with E-state index in [4.69, 9.17) is 5.11 Å². The predicted octanol–water partition coefficient (Wildman–Crippen LogP) is 6.97. The van der Waals surface area contributed by atoms with E-state index in [0.29, 0.717) is 18.5 Å². The van der Waals surface area contributed by atoms with E-state index in [1.807, 2.05) is 12.1 Å². The summed E-state index contributed by atoms with van der Waals surface area (Å²) in [6.07, 6.45) is 10.3. The zero-order valence-electron chi connectivity index (χ0n) is 18.7. The maximum atomic E-state index is 12.7. The van der Waals surface area contributed by atoms with Crippen molar-refractivity contribution in [2.24, 2.45) is 0 Å². The molecular weight excluding hydrogens is 414 g/mol. The number of aliphatic carboxylic acids is 1. The molecule has 0 saturated heterocycles. The van der Waals surface area contributed by atoms with Crippen LogP contribution in [-0.4, -0.2) is 33.9 Å². The second-order valence-electron chi connectivity index (χ2n) is 7.76. The minimum absolute atomic E-state index is 0.168. The largest absolute Gasteiger partial charge is 0.481 e. The lowest BCUT2D eigenvalue weighted by atomic mass is 10.1. The fourth-order valence-electron chi connectivity index (χ4n) is 3.37. The Kier molecular flexibility index (Phi) is 14.5. The number of rotatable bonds is 17. The van der Waals surface area contributed by atoms with Crippen LogP contribution in [-0.2, 0) is 9.59 Å². The Balaban J connectivity index is 2.52. The zero-order chi connectivity index (χ0) is 22.9. The van der Waals surface area contributed by atoms with Crippen molar-refractivity contribution in [1.29, 1.82) is 0 Å². The van der Waals surface area contributed by atoms with E-state index >= 15 is 0 Å². The Hall–Kier alpha value is -2.02. The molecule has 0 aromatic heterocycles. The Bertz CT molecular complexity index is 680. The quantitative estimate of drug-likeness (QED) is 0.196. The molecule has 6 nitrogen and oxygen atoms in total. The van der Waals surface area contributed by atoms with Gasteiger partial charge in [-0.1, -0.05) is 70.4 Å². The zero-order valence-corrected chi connectivity index (χ0v) is 19.5. The van der Waals surface area contributed by atoms with Crippen LogP contribution in [0.1, 0.15) is 90.4 Å². The lowest BCUT2D eigenvalue weighted by Gasteiger charge is -2.20. The molecule has 0 aliphatic carbocycles. The third-order valence-corrected chi connectivity index (χ3v) is 6.23. The molecule has 1 aromatic rings. The lowest BCUT2D eigenvalue weighted by molar-refractivity contribution is -0.137. The number of hydrogen-bond acceptors (Lipinski definition) is 4. The molecular formula is C24H37NO5S. The van der Waals surface area contributed by atoms with Gasteiger partial charge in [-0.15, -0.1) is 11.8 Å². The Morgan fingerprint density at radius 3 is 2.03 bits per heavy atom. The summed E-state index contributed by atoms with van der Waals surface area (Å²) in [7, 11) is 0. The van der Waals surface area contributed by atoms with Crippen molar-refractivity contribution in [1.82, 2.24) is 0 Å². The number of unbranched alkanes of at least 4 members (excludes halogenated alkanes) is 9. The van der Waals surface area contributed by atoms with E-state index < -0.39 is 12.1 Å². The van der Waals surface area contributed by atoms with Crippen LogP contribution in [0.25, 0.3) is 0 Å². The van der Waals surface area contributed by atoms with Gasteiger partial charge in [0.2, 0.25) is 5.91 Å². The highest BCUT2D eigenvalue weighted by atomic mass is 32.2. The summed E-state index contributed by atoms with van der Waals surface area (Å²) in [4.78, 5) is 36.7. The minimum Gasteiger partial charge on any atom is -0.481 e. The molecule has 0 unspecified atom stereocenters. The van der Waals surface area contributed by atoms with Gasteiger partial charge in [-0.2, -0.15) is 0 Å². The molecule has 0 aliphatic rings. The van der Waals surface area contributed by atoms with Crippen LogP contribution in [0.15, 0.2) is 29.2 Å². The molecule has 0 fully saturated rings. The molecule has 1 aromatic carbocycles. The summed E-state index contributed by atoms with van der Waals surface area (Å²) in [5, 5.41) is 18.4. The molecule has 2 amide bonds. The molecule has 0 atom stereocenters. The summed E-state index contributed by atoms with van der Waals surface area (Å²) in [5.74, 6) is -0.422. The molecule has 174 valence electrons. The second kappa shape index (κ2) is 16.6. The van der Waals surface area contributed by atoms with Crippen molar-refractivity contribution in [2.75, 3.05) is 10.7 Å². The van der Waals surface area contributed by atoms with E-state index in [-0.39, 0.29) is 18.7 Å². The number of carboxylic acid groups (broad SMARTS) is 2. The van der Waals surface area contributed by atoms with Crippen LogP contribution in [0.4, 0.5) is 10.5 Å². The van der Waals surface area contributed by atoms with Crippen LogP contribution in [0.3, 0.4) is 0 Å². The second-order valence-corrected chi connectivity index (χ2v) is 8.89. The summed E-state index contributed by atoms with van der Waals surface area (Å²) in [5.41, 5.74) is 0.412. The van der Waals surface area contributed by atoms with Crippen molar-refractivity contribution in [2.45, 2.75) is 95.3 Å². The first-order chi connectivity index (χ1) is 15.0. The number of para-hydroxylation sites is 1. The van der Waals surface area contributed by atoms with Crippen LogP contribution in [0.2, 0.25) is 0 Å². The number of hydrogen-bond donors (Lipinski definition) is 2. The molecule has 0 radical (unpaired) electrons. The predicted molar refractivity (Wildman–Crippen MR) is 126 cm³/mol. The standard InChI is InChI=1S/C24H37NO5S/c1-2-3-4-5-6-7-8-10-17-22(26)25(24(29)30)20-15-12-13-16-21(20)31-19-14-9-11-18-23(27)28/h12-13,15-16H,2-11,14,17-19H2,1H3,(H,27,28)(H,29,30). The van der Waals surface area contributed by atoms with Gasteiger partial charge >= 0.3 is 12.1 Å². The van der Waals surface area contributed by atoms with Gasteiger partial charge in [0.15, 0.2) is 0 Å². The van der Waals surface area contributed by atoms with Crippen LogP contribution >= 0.6 is 11.8 Å². The maximum absolute atomic E-state index is 12.7. The number of thioether (sulfide) groups is 1. The lowest BCUT2D eigenvalue weighted by Crippen LogP contribution is -2.36.